The van der Waals surface area contributed by atoms with Gasteiger partial charge in [0, 0.05) is 12.4 Å². The number of hydrogen-bond acceptors (Lipinski definition) is 5. The van der Waals surface area contributed by atoms with E-state index in [-0.39, 0.29) is 32.8 Å². The van der Waals surface area contributed by atoms with Crippen molar-refractivity contribution in [2.75, 3.05) is 5.32 Å². The van der Waals surface area contributed by atoms with E-state index in [0.29, 0.717) is 5.39 Å². The number of hydrogen-bond donors (Lipinski definition) is 3. The Kier molecular flexibility index (Phi) is 4.91. The van der Waals surface area contributed by atoms with Crippen LogP contribution in [-0.4, -0.2) is 23.2 Å². The van der Waals surface area contributed by atoms with Crippen LogP contribution in [0.3, 0.4) is 0 Å². The molecule has 0 aliphatic carbocycles. The van der Waals surface area contributed by atoms with Crippen LogP contribution < -0.4 is 10.5 Å². The van der Waals surface area contributed by atoms with Gasteiger partial charge in [-0.25, -0.2) is 17.9 Å². The number of nitrogens with two attached hydrogens (primary N) is 1. The highest BCUT2D eigenvalue weighted by atomic mass is 32.2. The van der Waals surface area contributed by atoms with Crippen LogP contribution in [0.1, 0.15) is 0 Å². The van der Waals surface area contributed by atoms with Crippen LogP contribution in [0.15, 0.2) is 57.6 Å². The first kappa shape index (κ1) is 18.9. The number of halogens is 1. The third-order valence-electron chi connectivity index (χ3n) is 3.78. The lowest BCUT2D eigenvalue weighted by molar-refractivity contribution is 0.435. The summed E-state index contributed by atoms with van der Waals surface area (Å²) < 4.78 is 38.4. The first-order valence-corrected chi connectivity index (χ1v) is 9.46. The van der Waals surface area contributed by atoms with Crippen LogP contribution in [0.2, 0.25) is 0 Å². The maximum atomic E-state index is 14.0. The summed E-state index contributed by atoms with van der Waals surface area (Å²) in [5.74, 6) is -0.805. The largest absolute Gasteiger partial charge is 0.493 e. The number of para-hydroxylation sites is 2. The fourth-order valence-electron chi connectivity index (χ4n) is 2.58. The van der Waals surface area contributed by atoms with Gasteiger partial charge in [0.15, 0.2) is 5.69 Å². The number of sulfonamides is 1. The van der Waals surface area contributed by atoms with Crippen molar-refractivity contribution in [1.82, 2.24) is 4.57 Å². The predicted octanol–water partition coefficient (Wildman–Crippen LogP) is 3.15. The molecule has 0 aliphatic rings. The average molecular weight is 407 g/mol. The molecular weight excluding hydrogens is 393 g/mol. The van der Waals surface area contributed by atoms with Gasteiger partial charge in [-0.3, -0.25) is 0 Å². The van der Waals surface area contributed by atoms with Crippen LogP contribution in [0, 0.1) is 5.82 Å². The van der Waals surface area contributed by atoms with Crippen molar-refractivity contribution in [2.45, 2.75) is 4.90 Å². The number of rotatable bonds is 3. The first-order valence-electron chi connectivity index (χ1n) is 7.50. The summed E-state index contributed by atoms with van der Waals surface area (Å²) in [6.07, 6.45) is 0. The van der Waals surface area contributed by atoms with Gasteiger partial charge in [-0.2, -0.15) is 0 Å². The molecule has 1 aromatic heterocycles. The number of nitrogens with one attached hydrogen (secondary N) is 1. The minimum absolute atomic E-state index is 0.0379. The van der Waals surface area contributed by atoms with Gasteiger partial charge in [-0.1, -0.05) is 24.3 Å². The topological polar surface area (TPSA) is 122 Å². The van der Waals surface area contributed by atoms with Crippen molar-refractivity contribution in [2.24, 2.45) is 22.4 Å². The lowest BCUT2D eigenvalue weighted by atomic mass is 10.2. The third kappa shape index (κ3) is 3.65. The number of azo groups is 1. The van der Waals surface area contributed by atoms with Crippen molar-refractivity contribution in [1.29, 1.82) is 0 Å². The molecule has 3 aromatic rings. The molecule has 0 spiro atoms. The zero-order valence-electron chi connectivity index (χ0n) is 13.9. The summed E-state index contributed by atoms with van der Waals surface area (Å²) >= 11 is 5.05. The molecule has 0 bridgehead atoms. The van der Waals surface area contributed by atoms with Crippen LogP contribution >= 0.6 is 12.2 Å². The molecule has 4 N–H and O–H groups in total. The van der Waals surface area contributed by atoms with Crippen LogP contribution in [0.4, 0.5) is 15.8 Å². The molecule has 0 aliphatic heterocycles. The zero-order chi connectivity index (χ0) is 19.8. The molecule has 0 fully saturated rings. The lowest BCUT2D eigenvalue weighted by Crippen LogP contribution is -2.16. The van der Waals surface area contributed by atoms with Gasteiger partial charge in [-0.15, -0.1) is 10.2 Å². The SMILES string of the molecule is Cn1c(O)c(N=NC(=S)Nc2ccccc2S(N)(=O)=O)c2cccc(F)c21. The van der Waals surface area contributed by atoms with Crippen molar-refractivity contribution in [3.8, 4) is 5.88 Å². The lowest BCUT2D eigenvalue weighted by Gasteiger charge is -2.08. The van der Waals surface area contributed by atoms with Gasteiger partial charge < -0.3 is 15.0 Å². The van der Waals surface area contributed by atoms with E-state index in [1.54, 1.807) is 12.1 Å². The Balaban J connectivity index is 1.93. The molecule has 1 heterocycles. The van der Waals surface area contributed by atoms with Crippen LogP contribution in [0.5, 0.6) is 5.88 Å². The molecule has 0 radical (unpaired) electrons. The summed E-state index contributed by atoms with van der Waals surface area (Å²) in [5.41, 5.74) is 0.343. The van der Waals surface area contributed by atoms with Crippen LogP contribution in [-0.2, 0) is 17.1 Å². The number of aromatic nitrogens is 1. The fraction of sp³-hybridized carbons (Fsp3) is 0.0625. The summed E-state index contributed by atoms with van der Waals surface area (Å²) in [5, 5.41) is 25.8. The minimum atomic E-state index is -3.96. The zero-order valence-corrected chi connectivity index (χ0v) is 15.6. The predicted molar refractivity (Wildman–Crippen MR) is 103 cm³/mol. The molecule has 2 aromatic carbocycles. The van der Waals surface area contributed by atoms with E-state index in [1.807, 2.05) is 0 Å². The molecular formula is C16H14FN5O3S2. The van der Waals surface area contributed by atoms with Gasteiger partial charge in [0.05, 0.1) is 11.2 Å². The summed E-state index contributed by atoms with van der Waals surface area (Å²) in [6, 6.07) is 10.2. The molecule has 0 unspecified atom stereocenters. The van der Waals surface area contributed by atoms with Crippen molar-refractivity contribution in [3.63, 3.8) is 0 Å². The Hall–Kier alpha value is -2.89. The number of nitrogens with zero attached hydrogens (tertiary/aromatic N) is 3. The molecule has 0 saturated heterocycles. The number of aryl methyl sites for hydroxylation is 1. The molecule has 0 amide bonds. The van der Waals surface area contributed by atoms with Crippen molar-refractivity contribution >= 4 is 49.6 Å². The molecule has 3 rings (SSSR count). The maximum absolute atomic E-state index is 14.0. The number of benzene rings is 2. The van der Waals surface area contributed by atoms with E-state index in [1.165, 1.54) is 41.9 Å². The van der Waals surface area contributed by atoms with E-state index in [9.17, 15) is 17.9 Å². The maximum Gasteiger partial charge on any atom is 0.240 e. The molecule has 0 saturated carbocycles. The summed E-state index contributed by atoms with van der Waals surface area (Å²) in [6.45, 7) is 0. The number of aromatic hydroxyl groups is 1. The van der Waals surface area contributed by atoms with E-state index < -0.39 is 15.8 Å². The Morgan fingerprint density at radius 2 is 1.96 bits per heavy atom. The second-order valence-corrected chi connectivity index (χ2v) is 7.46. The average Bonchev–Trinajstić information content (AvgIpc) is 2.84. The van der Waals surface area contributed by atoms with Gasteiger partial charge in [-0.05, 0) is 30.4 Å². The molecule has 8 nitrogen and oxygen atoms in total. The Morgan fingerprint density at radius 3 is 2.67 bits per heavy atom. The Labute approximate surface area is 159 Å². The second kappa shape index (κ2) is 7.02. The van der Waals surface area contributed by atoms with E-state index in [0.717, 1.165) is 0 Å². The number of primary sulfonamides is 1. The van der Waals surface area contributed by atoms with Gasteiger partial charge in [0.2, 0.25) is 21.0 Å². The smallest absolute Gasteiger partial charge is 0.240 e. The normalized spacial score (nSPS) is 12.0. The second-order valence-electron chi connectivity index (χ2n) is 5.54. The highest BCUT2D eigenvalue weighted by Gasteiger charge is 2.18. The van der Waals surface area contributed by atoms with Crippen molar-refractivity contribution < 1.29 is 17.9 Å². The standard InChI is InChI=1S/C16H14FN5O3S2/c1-22-14-9(5-4-6-10(14)17)13(15(22)23)20-21-16(26)19-11-7-2-3-8-12(11)27(18,24)25/h2-8,23H,1H3,(H,19,26)(H2,18,24,25). The monoisotopic (exact) mass is 407 g/mol. The van der Waals surface area contributed by atoms with E-state index >= 15 is 0 Å². The van der Waals surface area contributed by atoms with Crippen LogP contribution in [0.25, 0.3) is 10.9 Å². The van der Waals surface area contributed by atoms with Gasteiger partial charge in [0.1, 0.15) is 10.7 Å². The molecule has 0 atom stereocenters. The Bertz CT molecular complexity index is 1190. The Morgan fingerprint density at radius 1 is 1.26 bits per heavy atom. The van der Waals surface area contributed by atoms with Gasteiger partial charge >= 0.3 is 0 Å². The third-order valence-corrected chi connectivity index (χ3v) is 4.94. The summed E-state index contributed by atoms with van der Waals surface area (Å²) in [4.78, 5) is -0.155. The fourth-order valence-corrected chi connectivity index (χ4v) is 3.43. The van der Waals surface area contributed by atoms with Gasteiger partial charge in [0.25, 0.3) is 0 Å². The quantitative estimate of drug-likeness (QED) is 0.455. The highest BCUT2D eigenvalue weighted by molar-refractivity contribution is 7.89. The van der Waals surface area contributed by atoms with E-state index in [4.69, 9.17) is 17.4 Å². The molecule has 140 valence electrons. The number of thiocarbonyl (C=S) groups is 1. The van der Waals surface area contributed by atoms with E-state index in [2.05, 4.69) is 15.5 Å². The number of fused-ring (bicyclic) bond motifs is 1. The number of anilines is 1. The first-order chi connectivity index (χ1) is 12.7. The molecule has 27 heavy (non-hydrogen) atoms. The summed E-state index contributed by atoms with van der Waals surface area (Å²) in [7, 11) is -2.48. The molecule has 11 heteroatoms. The van der Waals surface area contributed by atoms with Crippen molar-refractivity contribution in [3.05, 3.63) is 48.3 Å². The minimum Gasteiger partial charge on any atom is -0.493 e. The highest BCUT2D eigenvalue weighted by Crippen LogP contribution is 2.38.